The van der Waals surface area contributed by atoms with Crippen LogP contribution >= 0.6 is 15.9 Å². The van der Waals surface area contributed by atoms with Gasteiger partial charge in [-0.1, -0.05) is 85.3 Å². The van der Waals surface area contributed by atoms with Crippen molar-refractivity contribution in [1.29, 1.82) is 0 Å². The van der Waals surface area contributed by atoms with E-state index in [2.05, 4.69) is 109 Å². The Morgan fingerprint density at radius 3 is 2.38 bits per heavy atom. The number of nitrogens with one attached hydrogen (secondary N) is 1. The normalized spacial score (nSPS) is 20.4. The Morgan fingerprint density at radius 1 is 1.04 bits per heavy atom. The van der Waals surface area contributed by atoms with Crippen molar-refractivity contribution in [2.75, 3.05) is 17.7 Å². The van der Waals surface area contributed by atoms with Gasteiger partial charge in [0.1, 0.15) is 56.2 Å². The molecule has 0 bridgehead atoms. The number of nitrogen functional groups attached to an aromatic ring is 1. The van der Waals surface area contributed by atoms with Gasteiger partial charge in [-0.25, -0.2) is 15.0 Å². The van der Waals surface area contributed by atoms with Crippen LogP contribution in [0.25, 0.3) is 21.9 Å². The number of amides is 1. The number of benzene rings is 2. The third kappa shape index (κ3) is 8.10. The van der Waals surface area contributed by atoms with Gasteiger partial charge in [0.25, 0.3) is 5.91 Å². The van der Waals surface area contributed by atoms with Crippen LogP contribution in [0.15, 0.2) is 77.7 Å². The Hall–Kier alpha value is -4.11. The Bertz CT molecular complexity index is 2230. The average molecular weight is 844 g/mol. The smallest absolute Gasteiger partial charge is 0.256 e. The molecule has 0 unspecified atom stereocenters. The second-order valence-corrected chi connectivity index (χ2v) is 27.2. The van der Waals surface area contributed by atoms with E-state index < -0.39 is 40.4 Å². The first-order valence-corrected chi connectivity index (χ1v) is 25.1. The molecule has 290 valence electrons. The fourth-order valence-electron chi connectivity index (χ4n) is 7.78. The molecule has 4 atom stereocenters. The second-order valence-electron chi connectivity index (χ2n) is 16.2. The fraction of sp³-hybridized carbons (Fsp3) is 0.415. The third-order valence-corrected chi connectivity index (χ3v) is 18.0. The van der Waals surface area contributed by atoms with E-state index in [1.54, 1.807) is 12.1 Å². The minimum absolute atomic E-state index is 0.0308. The van der Waals surface area contributed by atoms with Gasteiger partial charge in [-0.3, -0.25) is 4.79 Å². The molecule has 11 nitrogen and oxygen atoms in total. The highest BCUT2D eigenvalue weighted by Gasteiger charge is 2.61. The van der Waals surface area contributed by atoms with E-state index in [0.29, 0.717) is 44.0 Å². The molecule has 4 N–H and O–H groups in total. The molecule has 0 spiro atoms. The summed E-state index contributed by atoms with van der Waals surface area (Å²) in [4.78, 5) is 26.8. The number of nitrogens with two attached hydrogens (primary N) is 1. The zero-order chi connectivity index (χ0) is 39.9. The highest BCUT2D eigenvalue weighted by atomic mass is 79.9. The number of carbonyl (C=O) groups is 1. The molecule has 14 heteroatoms. The molecule has 4 heterocycles. The van der Waals surface area contributed by atoms with Crippen molar-refractivity contribution < 1.29 is 23.8 Å². The van der Waals surface area contributed by atoms with Gasteiger partial charge in [-0.05, 0) is 69.0 Å². The van der Waals surface area contributed by atoms with Gasteiger partial charge >= 0.3 is 0 Å². The molecule has 0 radical (unpaired) electrons. The van der Waals surface area contributed by atoms with Crippen molar-refractivity contribution in [3.63, 3.8) is 0 Å². The molecule has 0 aliphatic carbocycles. The summed E-state index contributed by atoms with van der Waals surface area (Å²) in [5.41, 5.74) is 10.1. The Kier molecular flexibility index (Phi) is 11.6. The van der Waals surface area contributed by atoms with Crippen LogP contribution in [0.4, 0.5) is 11.6 Å². The lowest BCUT2D eigenvalue weighted by Gasteiger charge is -2.46. The van der Waals surface area contributed by atoms with E-state index in [-0.39, 0.29) is 29.1 Å². The van der Waals surface area contributed by atoms with Gasteiger partial charge in [0.2, 0.25) is 8.32 Å². The van der Waals surface area contributed by atoms with Crippen molar-refractivity contribution in [3.8, 4) is 17.2 Å². The summed E-state index contributed by atoms with van der Waals surface area (Å²) in [5, 5.41) is 17.6. The summed E-state index contributed by atoms with van der Waals surface area (Å²) in [6.07, 6.45) is 0.538. The largest absolute Gasteiger partial charge is 0.491 e. The number of aliphatic hydroxyl groups is 1. The number of nitrogens with zero attached hydrogens (tertiary/aromatic N) is 4. The highest BCUT2D eigenvalue weighted by molar-refractivity contribution is 9.10. The lowest BCUT2D eigenvalue weighted by molar-refractivity contribution is -0.0554. The van der Waals surface area contributed by atoms with Crippen molar-refractivity contribution in [2.45, 2.75) is 102 Å². The Balaban J connectivity index is 1.46. The lowest BCUT2D eigenvalue weighted by atomic mass is 9.93. The standard InChI is InChI=1S/C41H51BrN6O5Si2/c1-25(2)55(26(3)4,27(5)6)53-35-40(48-19-17-31-37(44-24-45-38(31)48)47-39(49)28-13-11-10-12-14-28)52-34(41(35,50)18-20-54(7,8)9)23-51-30-16-15-29-21-32(42)36(43)46-33(29)22-30/h10-17,19,21-22,24-27,34-35,40,50H,23H2,1-9H3,(H2,43,46)(H,44,45,47,49)/t34-,35+,40-,41-/m1/s1. The Morgan fingerprint density at radius 2 is 1.73 bits per heavy atom. The third-order valence-electron chi connectivity index (χ3n) is 10.4. The molecule has 6 rings (SSSR count). The number of ether oxygens (including phenoxy) is 2. The lowest BCUT2D eigenvalue weighted by Crippen LogP contribution is -2.58. The number of rotatable bonds is 11. The predicted octanol–water partition coefficient (Wildman–Crippen LogP) is 8.73. The second kappa shape index (κ2) is 15.8. The van der Waals surface area contributed by atoms with Crippen molar-refractivity contribution in [1.82, 2.24) is 19.5 Å². The van der Waals surface area contributed by atoms with Gasteiger partial charge in [-0.2, -0.15) is 0 Å². The maximum Gasteiger partial charge on any atom is 0.256 e. The van der Waals surface area contributed by atoms with Crippen molar-refractivity contribution >= 4 is 71.8 Å². The minimum atomic E-state index is -2.67. The molecule has 0 saturated carbocycles. The molecule has 2 aromatic carbocycles. The van der Waals surface area contributed by atoms with Gasteiger partial charge in [0.15, 0.2) is 11.8 Å². The summed E-state index contributed by atoms with van der Waals surface area (Å²) in [5.74, 6) is 4.32. The van der Waals surface area contributed by atoms with E-state index in [9.17, 15) is 9.90 Å². The van der Waals surface area contributed by atoms with E-state index in [4.69, 9.17) is 19.6 Å². The van der Waals surface area contributed by atoms with Crippen molar-refractivity contribution in [2.24, 2.45) is 0 Å². The van der Waals surface area contributed by atoms with Crippen LogP contribution in [-0.4, -0.2) is 71.3 Å². The summed E-state index contributed by atoms with van der Waals surface area (Å²) >= 11 is 3.45. The quantitative estimate of drug-likeness (QED) is 0.0878. The zero-order valence-electron chi connectivity index (χ0n) is 32.9. The molecule has 55 heavy (non-hydrogen) atoms. The Labute approximate surface area is 333 Å². The monoisotopic (exact) mass is 842 g/mol. The first-order valence-electron chi connectivity index (χ1n) is 18.7. The summed E-state index contributed by atoms with van der Waals surface area (Å²) in [6, 6.07) is 18.3. The van der Waals surface area contributed by atoms with Crippen LogP contribution in [0.5, 0.6) is 5.75 Å². The van der Waals surface area contributed by atoms with Gasteiger partial charge in [0, 0.05) is 23.2 Å². The molecule has 1 fully saturated rings. The highest BCUT2D eigenvalue weighted by Crippen LogP contribution is 2.49. The van der Waals surface area contributed by atoms with Crippen LogP contribution < -0.4 is 15.8 Å². The van der Waals surface area contributed by atoms with Crippen LogP contribution in [0, 0.1) is 11.5 Å². The number of hydrogen-bond acceptors (Lipinski definition) is 9. The van der Waals surface area contributed by atoms with E-state index in [1.165, 1.54) is 6.33 Å². The topological polar surface area (TPSA) is 147 Å². The van der Waals surface area contributed by atoms with Crippen LogP contribution in [-0.2, 0) is 9.16 Å². The number of halogens is 1. The predicted molar refractivity (Wildman–Crippen MR) is 227 cm³/mol. The molecule has 1 amide bonds. The maximum absolute atomic E-state index is 13.2. The SMILES string of the molecule is CC(C)[Si](O[C@H]1[C@H](n2ccc3c(NC(=O)c4ccccc4)ncnc32)O[C@H](COc2ccc3cc(Br)c(N)nc3c2)[C@]1(O)C#C[Si](C)(C)C)(C(C)C)C(C)C. The number of fused-ring (bicyclic) bond motifs is 2. The van der Waals surface area contributed by atoms with E-state index in [1.807, 2.05) is 59.3 Å². The zero-order valence-corrected chi connectivity index (χ0v) is 36.5. The van der Waals surface area contributed by atoms with E-state index in [0.717, 1.165) is 5.39 Å². The van der Waals surface area contributed by atoms with Gasteiger partial charge < -0.3 is 34.6 Å². The first-order chi connectivity index (χ1) is 25.9. The first kappa shape index (κ1) is 40.6. The minimum Gasteiger partial charge on any atom is -0.491 e. The fourth-order valence-corrected chi connectivity index (χ4v) is 14.2. The molecule has 1 aliphatic rings. The average Bonchev–Trinajstić information content (AvgIpc) is 3.67. The number of aromatic nitrogens is 4. The summed E-state index contributed by atoms with van der Waals surface area (Å²) in [6.45, 7) is 19.7. The summed E-state index contributed by atoms with van der Waals surface area (Å²) in [7, 11) is -4.69. The molecule has 1 aliphatic heterocycles. The van der Waals surface area contributed by atoms with Crippen molar-refractivity contribution in [3.05, 3.63) is 83.2 Å². The van der Waals surface area contributed by atoms with E-state index >= 15 is 0 Å². The van der Waals surface area contributed by atoms with Crippen LogP contribution in [0.3, 0.4) is 0 Å². The van der Waals surface area contributed by atoms with Gasteiger partial charge in [-0.15, -0.1) is 5.54 Å². The van der Waals surface area contributed by atoms with Crippen LogP contribution in [0.1, 0.15) is 58.1 Å². The molecular weight excluding hydrogens is 793 g/mol. The maximum atomic E-state index is 13.2. The number of anilines is 2. The molecule has 1 saturated heterocycles. The molecule has 3 aromatic heterocycles. The number of hydrogen-bond donors (Lipinski definition) is 3. The molecular formula is C41H51BrN6O5Si2. The molecule has 5 aromatic rings. The number of pyridine rings is 1. The summed E-state index contributed by atoms with van der Waals surface area (Å²) < 4.78 is 23.5. The van der Waals surface area contributed by atoms with Crippen LogP contribution in [0.2, 0.25) is 36.3 Å². The van der Waals surface area contributed by atoms with Gasteiger partial charge in [0.05, 0.1) is 15.4 Å². The number of carbonyl (C=O) groups excluding carboxylic acids is 1.